The maximum atomic E-state index is 12.3. The van der Waals surface area contributed by atoms with Gasteiger partial charge in [-0.05, 0) is 42.8 Å². The van der Waals surface area contributed by atoms with Crippen molar-refractivity contribution in [1.82, 2.24) is 10.0 Å². The van der Waals surface area contributed by atoms with Crippen molar-refractivity contribution in [1.29, 1.82) is 0 Å². The Bertz CT molecular complexity index is 868. The maximum Gasteiger partial charge on any atom is 0.241 e. The fraction of sp³-hybridized carbons (Fsp3) is 0.278. The highest BCUT2D eigenvalue weighted by Crippen LogP contribution is 2.16. The molecule has 0 saturated carbocycles. The largest absolute Gasteiger partial charge is 0.378 e. The molecule has 0 bridgehead atoms. The van der Waals surface area contributed by atoms with E-state index in [4.69, 9.17) is 11.6 Å². The zero-order chi connectivity index (χ0) is 19.3. The molecule has 1 amide bonds. The molecule has 0 aliphatic heterocycles. The second kappa shape index (κ2) is 8.53. The van der Waals surface area contributed by atoms with Crippen LogP contribution in [0.5, 0.6) is 0 Å². The third kappa shape index (κ3) is 5.45. The van der Waals surface area contributed by atoms with E-state index in [0.29, 0.717) is 11.6 Å². The van der Waals surface area contributed by atoms with E-state index in [9.17, 15) is 13.2 Å². The summed E-state index contributed by atoms with van der Waals surface area (Å²) in [5.74, 6) is -0.410. The highest BCUT2D eigenvalue weighted by atomic mass is 35.5. The number of sulfonamides is 1. The van der Waals surface area contributed by atoms with Crippen LogP contribution in [0.1, 0.15) is 12.5 Å². The highest BCUT2D eigenvalue weighted by Gasteiger charge is 2.22. The van der Waals surface area contributed by atoms with E-state index in [1.165, 1.54) is 19.1 Å². The monoisotopic (exact) mass is 395 g/mol. The average Bonchev–Trinajstić information content (AvgIpc) is 2.59. The minimum atomic E-state index is -3.83. The zero-order valence-corrected chi connectivity index (χ0v) is 16.4. The lowest BCUT2D eigenvalue weighted by Gasteiger charge is -2.15. The van der Waals surface area contributed by atoms with Crippen LogP contribution in [0.25, 0.3) is 0 Å². The van der Waals surface area contributed by atoms with Gasteiger partial charge in [0.05, 0.1) is 10.9 Å². The number of carbonyl (C=O) groups excluding carboxylic acids is 1. The van der Waals surface area contributed by atoms with Gasteiger partial charge >= 0.3 is 0 Å². The molecule has 2 N–H and O–H groups in total. The number of nitrogens with zero attached hydrogens (tertiary/aromatic N) is 1. The second-order valence-electron chi connectivity index (χ2n) is 6.08. The van der Waals surface area contributed by atoms with Crippen LogP contribution in [0.3, 0.4) is 0 Å². The molecule has 6 nitrogen and oxygen atoms in total. The van der Waals surface area contributed by atoms with Gasteiger partial charge in [-0.25, -0.2) is 8.42 Å². The van der Waals surface area contributed by atoms with Crippen molar-refractivity contribution < 1.29 is 13.2 Å². The predicted molar refractivity (Wildman–Crippen MR) is 104 cm³/mol. The molecule has 140 valence electrons. The van der Waals surface area contributed by atoms with Crippen molar-refractivity contribution in [2.75, 3.05) is 19.0 Å². The van der Waals surface area contributed by atoms with E-state index in [0.717, 1.165) is 11.3 Å². The molecule has 2 rings (SSSR count). The Labute approximate surface area is 159 Å². The molecule has 0 aliphatic carbocycles. The van der Waals surface area contributed by atoms with Gasteiger partial charge in [-0.2, -0.15) is 4.72 Å². The van der Waals surface area contributed by atoms with E-state index in [1.54, 1.807) is 12.1 Å². The molecule has 8 heteroatoms. The minimum absolute atomic E-state index is 0.0175. The van der Waals surface area contributed by atoms with Crippen LogP contribution in [0.4, 0.5) is 5.69 Å². The first-order chi connectivity index (χ1) is 12.2. The fourth-order valence-corrected chi connectivity index (χ4v) is 3.75. The number of hydrogen-bond donors (Lipinski definition) is 2. The zero-order valence-electron chi connectivity index (χ0n) is 14.9. The molecule has 0 unspecified atom stereocenters. The van der Waals surface area contributed by atoms with E-state index < -0.39 is 22.0 Å². The topological polar surface area (TPSA) is 78.5 Å². The number of benzene rings is 2. The van der Waals surface area contributed by atoms with Crippen LogP contribution in [0.2, 0.25) is 5.02 Å². The van der Waals surface area contributed by atoms with Gasteiger partial charge in [0.2, 0.25) is 15.9 Å². The summed E-state index contributed by atoms with van der Waals surface area (Å²) in [6.45, 7) is 1.81. The summed E-state index contributed by atoms with van der Waals surface area (Å²) in [5, 5.41) is 3.04. The molecule has 0 spiro atoms. The van der Waals surface area contributed by atoms with E-state index in [-0.39, 0.29) is 4.90 Å². The number of rotatable bonds is 7. The number of nitrogens with one attached hydrogen (secondary N) is 2. The third-order valence-corrected chi connectivity index (χ3v) is 5.52. The third-order valence-electron chi connectivity index (χ3n) is 3.75. The van der Waals surface area contributed by atoms with Crippen LogP contribution in [0.15, 0.2) is 53.4 Å². The van der Waals surface area contributed by atoms with Gasteiger partial charge in [-0.1, -0.05) is 29.8 Å². The molecule has 0 radical (unpaired) electrons. The molecule has 2 aromatic rings. The van der Waals surface area contributed by atoms with E-state index in [1.807, 2.05) is 43.3 Å². The summed E-state index contributed by atoms with van der Waals surface area (Å²) in [5.41, 5.74) is 1.98. The van der Waals surface area contributed by atoms with Crippen molar-refractivity contribution in [2.45, 2.75) is 24.4 Å². The smallest absolute Gasteiger partial charge is 0.241 e. The van der Waals surface area contributed by atoms with Crippen molar-refractivity contribution in [3.8, 4) is 0 Å². The number of amides is 1. The summed E-state index contributed by atoms with van der Waals surface area (Å²) >= 11 is 5.82. The van der Waals surface area contributed by atoms with Gasteiger partial charge in [0.25, 0.3) is 0 Å². The molecule has 0 aliphatic rings. The van der Waals surface area contributed by atoms with Crippen molar-refractivity contribution >= 4 is 33.2 Å². The Morgan fingerprint density at radius 3 is 2.38 bits per heavy atom. The van der Waals surface area contributed by atoms with E-state index in [2.05, 4.69) is 10.0 Å². The SMILES string of the molecule is C[C@H](NS(=O)(=O)c1cccc(Cl)c1)C(=O)NCc1ccc(N(C)C)cc1. The van der Waals surface area contributed by atoms with Gasteiger partial charge < -0.3 is 10.2 Å². The maximum absolute atomic E-state index is 12.3. The van der Waals surface area contributed by atoms with Crippen molar-refractivity contribution in [2.24, 2.45) is 0 Å². The summed E-state index contributed by atoms with van der Waals surface area (Å²) < 4.78 is 27.0. The Hall–Kier alpha value is -2.09. The Morgan fingerprint density at radius 2 is 1.81 bits per heavy atom. The van der Waals surface area contributed by atoms with Gasteiger partial charge in [0, 0.05) is 31.4 Å². The van der Waals surface area contributed by atoms with Gasteiger partial charge in [-0.15, -0.1) is 0 Å². The first kappa shape index (κ1) is 20.2. The Morgan fingerprint density at radius 1 is 1.15 bits per heavy atom. The summed E-state index contributed by atoms with van der Waals surface area (Å²) in [6, 6.07) is 12.7. The highest BCUT2D eigenvalue weighted by molar-refractivity contribution is 7.89. The van der Waals surface area contributed by atoms with Crippen molar-refractivity contribution in [3.63, 3.8) is 0 Å². The molecule has 0 heterocycles. The Kier molecular flexibility index (Phi) is 6.63. The van der Waals surface area contributed by atoms with Gasteiger partial charge in [0.1, 0.15) is 0 Å². The Balaban J connectivity index is 1.94. The van der Waals surface area contributed by atoms with Gasteiger partial charge in [-0.3, -0.25) is 4.79 Å². The van der Waals surface area contributed by atoms with Crippen LogP contribution >= 0.6 is 11.6 Å². The first-order valence-electron chi connectivity index (χ1n) is 8.01. The molecule has 2 aromatic carbocycles. The number of anilines is 1. The number of hydrogen-bond acceptors (Lipinski definition) is 4. The molecule has 0 saturated heterocycles. The molecule has 26 heavy (non-hydrogen) atoms. The van der Waals surface area contributed by atoms with E-state index >= 15 is 0 Å². The summed E-state index contributed by atoms with van der Waals surface area (Å²) in [7, 11) is 0.0719. The number of carbonyl (C=O) groups is 1. The molecule has 1 atom stereocenters. The minimum Gasteiger partial charge on any atom is -0.378 e. The molecular weight excluding hydrogens is 374 g/mol. The normalized spacial score (nSPS) is 12.5. The average molecular weight is 396 g/mol. The van der Waals surface area contributed by atoms with Crippen molar-refractivity contribution in [3.05, 3.63) is 59.1 Å². The molecular formula is C18H22ClN3O3S. The first-order valence-corrected chi connectivity index (χ1v) is 9.87. The van der Waals surface area contributed by atoms with Gasteiger partial charge in [0.15, 0.2) is 0 Å². The predicted octanol–water partition coefficient (Wildman–Crippen LogP) is 2.39. The summed E-state index contributed by atoms with van der Waals surface area (Å²) in [6.07, 6.45) is 0. The lowest BCUT2D eigenvalue weighted by Crippen LogP contribution is -2.44. The number of halogens is 1. The molecule has 0 aromatic heterocycles. The lowest BCUT2D eigenvalue weighted by molar-refractivity contribution is -0.122. The van der Waals surface area contributed by atoms with Crippen LogP contribution in [-0.4, -0.2) is 34.5 Å². The quantitative estimate of drug-likeness (QED) is 0.754. The van der Waals surface area contributed by atoms with Crippen LogP contribution < -0.4 is 14.9 Å². The summed E-state index contributed by atoms with van der Waals surface area (Å²) in [4.78, 5) is 14.2. The second-order valence-corrected chi connectivity index (χ2v) is 8.23. The van der Waals surface area contributed by atoms with Crippen LogP contribution in [-0.2, 0) is 21.4 Å². The fourth-order valence-electron chi connectivity index (χ4n) is 2.24. The standard InChI is InChI=1S/C18H22ClN3O3S/c1-13(21-26(24,25)17-6-4-5-15(19)11-17)18(23)20-12-14-7-9-16(10-8-14)22(2)3/h4-11,13,21H,12H2,1-3H3,(H,20,23)/t13-/m0/s1. The van der Waals surface area contributed by atoms with Crippen LogP contribution in [0, 0.1) is 0 Å². The molecule has 0 fully saturated rings. The lowest BCUT2D eigenvalue weighted by atomic mass is 10.2.